The van der Waals surface area contributed by atoms with E-state index in [4.69, 9.17) is 0 Å². The fourth-order valence-corrected chi connectivity index (χ4v) is 4.08. The zero-order chi connectivity index (χ0) is 18.7. The Bertz CT molecular complexity index is 1020. The standard InChI is InChI=1S/C18H17N3O3S2/c1-12-3-9-16(10-4-12)26(23,24)21-15-7-5-14(6-8-15)17-11-25-18(20-17)19-13(2)22/h3-11,21H,1-2H3,(H,19,20,22). The lowest BCUT2D eigenvalue weighted by molar-refractivity contribution is -0.114. The summed E-state index contributed by atoms with van der Waals surface area (Å²) in [6.45, 7) is 3.33. The minimum Gasteiger partial charge on any atom is -0.302 e. The van der Waals surface area contributed by atoms with Crippen molar-refractivity contribution in [3.05, 3.63) is 59.5 Å². The molecule has 0 spiro atoms. The van der Waals surface area contributed by atoms with E-state index in [2.05, 4.69) is 15.0 Å². The Labute approximate surface area is 156 Å². The largest absolute Gasteiger partial charge is 0.302 e. The van der Waals surface area contributed by atoms with Gasteiger partial charge in [0.25, 0.3) is 10.0 Å². The lowest BCUT2D eigenvalue weighted by Crippen LogP contribution is -2.12. The number of nitrogens with zero attached hydrogens (tertiary/aromatic N) is 1. The average molecular weight is 387 g/mol. The van der Waals surface area contributed by atoms with Gasteiger partial charge >= 0.3 is 0 Å². The Morgan fingerprint density at radius 1 is 1.04 bits per heavy atom. The van der Waals surface area contributed by atoms with Gasteiger partial charge in [-0.15, -0.1) is 11.3 Å². The zero-order valence-electron chi connectivity index (χ0n) is 14.2. The Morgan fingerprint density at radius 3 is 2.31 bits per heavy atom. The van der Waals surface area contributed by atoms with Crippen LogP contribution >= 0.6 is 11.3 Å². The molecule has 0 fully saturated rings. The molecular formula is C18H17N3O3S2. The first-order valence-electron chi connectivity index (χ1n) is 7.76. The van der Waals surface area contributed by atoms with Gasteiger partial charge in [-0.2, -0.15) is 0 Å². The molecule has 0 aliphatic carbocycles. The molecule has 3 aromatic rings. The summed E-state index contributed by atoms with van der Waals surface area (Å²) in [5, 5.41) is 4.99. The van der Waals surface area contributed by atoms with Crippen LogP contribution in [-0.2, 0) is 14.8 Å². The summed E-state index contributed by atoms with van der Waals surface area (Å²) in [6, 6.07) is 13.6. The van der Waals surface area contributed by atoms with Gasteiger partial charge in [-0.1, -0.05) is 29.8 Å². The number of anilines is 2. The second kappa shape index (κ2) is 7.27. The zero-order valence-corrected chi connectivity index (χ0v) is 15.8. The molecule has 0 saturated heterocycles. The van der Waals surface area contributed by atoms with Gasteiger partial charge in [0.1, 0.15) is 0 Å². The van der Waals surface area contributed by atoms with Crippen LogP contribution in [0.15, 0.2) is 58.8 Å². The third-order valence-electron chi connectivity index (χ3n) is 3.55. The van der Waals surface area contributed by atoms with Gasteiger partial charge < -0.3 is 5.32 Å². The van der Waals surface area contributed by atoms with Crippen LogP contribution in [0.4, 0.5) is 10.8 Å². The van der Waals surface area contributed by atoms with Gasteiger partial charge in [0.05, 0.1) is 10.6 Å². The molecule has 1 aromatic heterocycles. The summed E-state index contributed by atoms with van der Waals surface area (Å²) < 4.78 is 27.4. The molecule has 2 aromatic carbocycles. The molecule has 0 atom stereocenters. The lowest BCUT2D eigenvalue weighted by Gasteiger charge is -2.09. The Morgan fingerprint density at radius 2 is 1.69 bits per heavy atom. The number of carbonyl (C=O) groups is 1. The van der Waals surface area contributed by atoms with Crippen molar-refractivity contribution in [1.82, 2.24) is 4.98 Å². The SMILES string of the molecule is CC(=O)Nc1nc(-c2ccc(NS(=O)(=O)c3ccc(C)cc3)cc2)cs1. The monoisotopic (exact) mass is 387 g/mol. The van der Waals surface area contributed by atoms with E-state index in [1.165, 1.54) is 18.3 Å². The Hall–Kier alpha value is -2.71. The molecule has 2 N–H and O–H groups in total. The summed E-state index contributed by atoms with van der Waals surface area (Å²) in [5.41, 5.74) is 3.00. The van der Waals surface area contributed by atoms with Crippen LogP contribution in [0.5, 0.6) is 0 Å². The molecule has 0 radical (unpaired) electrons. The van der Waals surface area contributed by atoms with E-state index in [-0.39, 0.29) is 10.8 Å². The summed E-state index contributed by atoms with van der Waals surface area (Å²) in [6.07, 6.45) is 0. The number of aryl methyl sites for hydroxylation is 1. The number of carbonyl (C=O) groups excluding carboxylic acids is 1. The van der Waals surface area contributed by atoms with Crippen molar-refractivity contribution in [1.29, 1.82) is 0 Å². The van der Waals surface area contributed by atoms with Crippen molar-refractivity contribution >= 4 is 38.1 Å². The van der Waals surface area contributed by atoms with E-state index in [0.717, 1.165) is 11.1 Å². The van der Waals surface area contributed by atoms with Gasteiger partial charge in [0.15, 0.2) is 5.13 Å². The van der Waals surface area contributed by atoms with Crippen LogP contribution in [-0.4, -0.2) is 19.3 Å². The minimum atomic E-state index is -3.63. The fraction of sp³-hybridized carbons (Fsp3) is 0.111. The van der Waals surface area contributed by atoms with Crippen molar-refractivity contribution in [2.24, 2.45) is 0 Å². The van der Waals surface area contributed by atoms with Gasteiger partial charge in [-0.3, -0.25) is 9.52 Å². The number of nitrogens with one attached hydrogen (secondary N) is 2. The molecule has 0 saturated carbocycles. The minimum absolute atomic E-state index is 0.174. The van der Waals surface area contributed by atoms with Gasteiger partial charge in [0.2, 0.25) is 5.91 Å². The van der Waals surface area contributed by atoms with Crippen LogP contribution in [0, 0.1) is 6.92 Å². The van der Waals surface area contributed by atoms with Crippen molar-refractivity contribution in [3.8, 4) is 11.3 Å². The molecule has 0 aliphatic rings. The number of rotatable bonds is 5. The molecule has 6 nitrogen and oxygen atoms in total. The molecule has 0 unspecified atom stereocenters. The van der Waals surface area contributed by atoms with Crippen LogP contribution in [0.25, 0.3) is 11.3 Å². The highest BCUT2D eigenvalue weighted by atomic mass is 32.2. The van der Waals surface area contributed by atoms with Crippen molar-refractivity contribution in [2.45, 2.75) is 18.7 Å². The highest BCUT2D eigenvalue weighted by Crippen LogP contribution is 2.26. The molecule has 0 bridgehead atoms. The van der Waals surface area contributed by atoms with Crippen LogP contribution in [0.1, 0.15) is 12.5 Å². The van der Waals surface area contributed by atoms with Crippen LogP contribution in [0.2, 0.25) is 0 Å². The average Bonchev–Trinajstić information content (AvgIpc) is 3.03. The summed E-state index contributed by atoms with van der Waals surface area (Å²) in [5.74, 6) is -0.174. The van der Waals surface area contributed by atoms with E-state index in [1.807, 2.05) is 12.3 Å². The van der Waals surface area contributed by atoms with Gasteiger partial charge in [-0.25, -0.2) is 13.4 Å². The summed E-state index contributed by atoms with van der Waals surface area (Å²) in [7, 11) is -3.63. The first-order valence-corrected chi connectivity index (χ1v) is 10.1. The van der Waals surface area contributed by atoms with E-state index in [0.29, 0.717) is 16.5 Å². The second-order valence-electron chi connectivity index (χ2n) is 5.71. The number of aromatic nitrogens is 1. The lowest BCUT2D eigenvalue weighted by atomic mass is 10.1. The van der Waals surface area contributed by atoms with Crippen LogP contribution < -0.4 is 10.0 Å². The smallest absolute Gasteiger partial charge is 0.261 e. The third-order valence-corrected chi connectivity index (χ3v) is 5.71. The molecule has 1 amide bonds. The summed E-state index contributed by atoms with van der Waals surface area (Å²) >= 11 is 1.33. The van der Waals surface area contributed by atoms with E-state index >= 15 is 0 Å². The molecule has 26 heavy (non-hydrogen) atoms. The van der Waals surface area contributed by atoms with Crippen LogP contribution in [0.3, 0.4) is 0 Å². The number of thiazole rings is 1. The number of hydrogen-bond acceptors (Lipinski definition) is 5. The number of sulfonamides is 1. The van der Waals surface area contributed by atoms with Gasteiger partial charge in [0, 0.05) is 23.6 Å². The molecule has 3 rings (SSSR count). The molecule has 0 aliphatic heterocycles. The maximum atomic E-state index is 12.4. The van der Waals surface area contributed by atoms with Crippen molar-refractivity contribution in [2.75, 3.05) is 10.0 Å². The first kappa shape index (κ1) is 18.1. The molecule has 8 heteroatoms. The van der Waals surface area contributed by atoms with Crippen molar-refractivity contribution < 1.29 is 13.2 Å². The maximum absolute atomic E-state index is 12.4. The summed E-state index contributed by atoms with van der Waals surface area (Å²) in [4.78, 5) is 15.6. The number of benzene rings is 2. The maximum Gasteiger partial charge on any atom is 0.261 e. The van der Waals surface area contributed by atoms with Crippen molar-refractivity contribution in [3.63, 3.8) is 0 Å². The predicted octanol–water partition coefficient (Wildman–Crippen LogP) is 3.88. The highest BCUT2D eigenvalue weighted by Gasteiger charge is 2.14. The van der Waals surface area contributed by atoms with E-state index in [1.54, 1.807) is 48.5 Å². The Kier molecular flexibility index (Phi) is 5.06. The quantitative estimate of drug-likeness (QED) is 0.695. The molecule has 134 valence electrons. The highest BCUT2D eigenvalue weighted by molar-refractivity contribution is 7.92. The second-order valence-corrected chi connectivity index (χ2v) is 8.26. The first-order chi connectivity index (χ1) is 12.3. The molecule has 1 heterocycles. The normalized spacial score (nSPS) is 11.2. The van der Waals surface area contributed by atoms with E-state index in [9.17, 15) is 13.2 Å². The fourth-order valence-electron chi connectivity index (χ4n) is 2.25. The van der Waals surface area contributed by atoms with Gasteiger partial charge in [-0.05, 0) is 31.2 Å². The Balaban J connectivity index is 1.76. The predicted molar refractivity (Wildman–Crippen MR) is 104 cm³/mol. The van der Waals surface area contributed by atoms with E-state index < -0.39 is 10.0 Å². The topological polar surface area (TPSA) is 88.2 Å². The molecular weight excluding hydrogens is 370 g/mol. The number of hydrogen-bond donors (Lipinski definition) is 2. The number of amides is 1. The third kappa shape index (κ3) is 4.27.